The summed E-state index contributed by atoms with van der Waals surface area (Å²) in [5.41, 5.74) is 0.996. The molecule has 2 N–H and O–H groups in total. The molecule has 0 aliphatic rings. The van der Waals surface area contributed by atoms with E-state index in [0.29, 0.717) is 12.6 Å². The van der Waals surface area contributed by atoms with Crippen LogP contribution in [0.5, 0.6) is 0 Å². The van der Waals surface area contributed by atoms with E-state index >= 15 is 0 Å². The van der Waals surface area contributed by atoms with Crippen LogP contribution in [0.2, 0.25) is 0 Å². The number of rotatable bonds is 8. The van der Waals surface area contributed by atoms with Crippen LogP contribution in [0.15, 0.2) is 29.3 Å². The topological polar surface area (TPSA) is 39.7 Å². The van der Waals surface area contributed by atoms with Crippen LogP contribution in [-0.2, 0) is 6.54 Å². The zero-order valence-electron chi connectivity index (χ0n) is 14.2. The molecule has 124 valence electrons. The van der Waals surface area contributed by atoms with Crippen molar-refractivity contribution in [1.29, 1.82) is 0 Å². The largest absolute Gasteiger partial charge is 0.357 e. The van der Waals surface area contributed by atoms with Crippen molar-refractivity contribution in [3.8, 4) is 0 Å². The fraction of sp³-hybridized carbons (Fsp3) is 0.588. The molecular weight excluding hydrogens is 279 g/mol. The SMILES string of the molecule is CCNC(=NCc1ccc(F)cc1)NCCN(CC)C(C)C. The second-order valence-corrected chi connectivity index (χ2v) is 5.47. The second kappa shape index (κ2) is 10.2. The van der Waals surface area contributed by atoms with E-state index in [1.807, 2.05) is 6.92 Å². The fourth-order valence-electron chi connectivity index (χ4n) is 2.20. The predicted octanol–water partition coefficient (Wildman–Crippen LogP) is 2.61. The first-order chi connectivity index (χ1) is 10.6. The van der Waals surface area contributed by atoms with Crippen LogP contribution >= 0.6 is 0 Å². The molecule has 0 amide bonds. The van der Waals surface area contributed by atoms with Crippen LogP contribution in [0.25, 0.3) is 0 Å². The van der Waals surface area contributed by atoms with Gasteiger partial charge in [-0.1, -0.05) is 19.1 Å². The number of hydrogen-bond donors (Lipinski definition) is 2. The van der Waals surface area contributed by atoms with Crippen LogP contribution in [0.3, 0.4) is 0 Å². The van der Waals surface area contributed by atoms with Crippen molar-refractivity contribution < 1.29 is 4.39 Å². The number of guanidine groups is 1. The van der Waals surface area contributed by atoms with Crippen molar-refractivity contribution in [2.24, 2.45) is 4.99 Å². The first-order valence-corrected chi connectivity index (χ1v) is 8.07. The maximum Gasteiger partial charge on any atom is 0.191 e. The van der Waals surface area contributed by atoms with Gasteiger partial charge in [-0.25, -0.2) is 9.38 Å². The summed E-state index contributed by atoms with van der Waals surface area (Å²) in [7, 11) is 0. The molecule has 0 saturated heterocycles. The van der Waals surface area contributed by atoms with Crippen molar-refractivity contribution in [3.63, 3.8) is 0 Å². The zero-order chi connectivity index (χ0) is 16.4. The minimum Gasteiger partial charge on any atom is -0.357 e. The summed E-state index contributed by atoms with van der Waals surface area (Å²) in [6, 6.07) is 7.01. The molecular formula is C17H29FN4. The van der Waals surface area contributed by atoms with Crippen LogP contribution in [0.1, 0.15) is 33.3 Å². The molecule has 1 rings (SSSR count). The average Bonchev–Trinajstić information content (AvgIpc) is 2.50. The van der Waals surface area contributed by atoms with Gasteiger partial charge in [-0.2, -0.15) is 0 Å². The Bertz CT molecular complexity index is 442. The molecule has 0 heterocycles. The summed E-state index contributed by atoms with van der Waals surface area (Å²) < 4.78 is 12.9. The molecule has 0 saturated carbocycles. The van der Waals surface area contributed by atoms with Gasteiger partial charge >= 0.3 is 0 Å². The molecule has 0 unspecified atom stereocenters. The summed E-state index contributed by atoms with van der Waals surface area (Å²) >= 11 is 0. The third-order valence-corrected chi connectivity index (χ3v) is 3.51. The molecule has 0 aliphatic heterocycles. The van der Waals surface area contributed by atoms with Gasteiger partial charge in [0.2, 0.25) is 0 Å². The number of likely N-dealkylation sites (N-methyl/N-ethyl adjacent to an activating group) is 1. The number of halogens is 1. The maximum atomic E-state index is 12.9. The second-order valence-electron chi connectivity index (χ2n) is 5.47. The first-order valence-electron chi connectivity index (χ1n) is 8.07. The minimum atomic E-state index is -0.217. The number of benzene rings is 1. The fourth-order valence-corrected chi connectivity index (χ4v) is 2.20. The van der Waals surface area contributed by atoms with Crippen LogP contribution in [0.4, 0.5) is 4.39 Å². The first kappa shape index (κ1) is 18.4. The molecule has 0 bridgehead atoms. The van der Waals surface area contributed by atoms with Gasteiger partial charge in [-0.15, -0.1) is 0 Å². The van der Waals surface area contributed by atoms with Gasteiger partial charge in [-0.05, 0) is 45.0 Å². The number of hydrogen-bond acceptors (Lipinski definition) is 2. The maximum absolute atomic E-state index is 12.9. The Labute approximate surface area is 133 Å². The van der Waals surface area contributed by atoms with E-state index < -0.39 is 0 Å². The highest BCUT2D eigenvalue weighted by molar-refractivity contribution is 5.79. The Morgan fingerprint density at radius 3 is 2.41 bits per heavy atom. The Morgan fingerprint density at radius 1 is 1.18 bits per heavy atom. The van der Waals surface area contributed by atoms with Gasteiger partial charge in [0.1, 0.15) is 5.82 Å². The van der Waals surface area contributed by atoms with Crippen molar-refractivity contribution in [1.82, 2.24) is 15.5 Å². The summed E-state index contributed by atoms with van der Waals surface area (Å²) in [6.07, 6.45) is 0. The lowest BCUT2D eigenvalue weighted by molar-refractivity contribution is 0.237. The van der Waals surface area contributed by atoms with Gasteiger partial charge in [0.25, 0.3) is 0 Å². The molecule has 0 spiro atoms. The van der Waals surface area contributed by atoms with Gasteiger partial charge < -0.3 is 10.6 Å². The minimum absolute atomic E-state index is 0.217. The van der Waals surface area contributed by atoms with Crippen LogP contribution in [0, 0.1) is 5.82 Å². The Kier molecular flexibility index (Phi) is 8.51. The van der Waals surface area contributed by atoms with Gasteiger partial charge in [-0.3, -0.25) is 4.90 Å². The lowest BCUT2D eigenvalue weighted by Gasteiger charge is -2.25. The smallest absolute Gasteiger partial charge is 0.191 e. The summed E-state index contributed by atoms with van der Waals surface area (Å²) in [4.78, 5) is 6.93. The van der Waals surface area contributed by atoms with Crippen molar-refractivity contribution in [3.05, 3.63) is 35.6 Å². The van der Waals surface area contributed by atoms with E-state index in [1.54, 1.807) is 12.1 Å². The van der Waals surface area contributed by atoms with E-state index in [-0.39, 0.29) is 5.82 Å². The monoisotopic (exact) mass is 308 g/mol. The third-order valence-electron chi connectivity index (χ3n) is 3.51. The quantitative estimate of drug-likeness (QED) is 0.573. The van der Waals surface area contributed by atoms with Gasteiger partial charge in [0.15, 0.2) is 5.96 Å². The number of nitrogens with one attached hydrogen (secondary N) is 2. The molecule has 0 atom stereocenters. The van der Waals surface area contributed by atoms with Crippen molar-refractivity contribution in [2.45, 2.75) is 40.3 Å². The molecule has 5 heteroatoms. The standard InChI is InChI=1S/C17H29FN4/c1-5-19-17(20-11-12-22(6-2)14(3)4)21-13-15-7-9-16(18)10-8-15/h7-10,14H,5-6,11-13H2,1-4H3,(H2,19,20,21). The lowest BCUT2D eigenvalue weighted by atomic mass is 10.2. The number of aliphatic imine (C=N–C) groups is 1. The van der Waals surface area contributed by atoms with E-state index in [0.717, 1.165) is 37.7 Å². The van der Waals surface area contributed by atoms with Gasteiger partial charge in [0.05, 0.1) is 6.54 Å². The highest BCUT2D eigenvalue weighted by atomic mass is 19.1. The van der Waals surface area contributed by atoms with Crippen molar-refractivity contribution >= 4 is 5.96 Å². The molecule has 4 nitrogen and oxygen atoms in total. The molecule has 1 aromatic carbocycles. The van der Waals surface area contributed by atoms with E-state index in [4.69, 9.17) is 0 Å². The Balaban J connectivity index is 2.49. The average molecular weight is 308 g/mol. The predicted molar refractivity (Wildman–Crippen MR) is 91.6 cm³/mol. The molecule has 22 heavy (non-hydrogen) atoms. The lowest BCUT2D eigenvalue weighted by Crippen LogP contribution is -2.43. The summed E-state index contributed by atoms with van der Waals surface area (Å²) in [6.45, 7) is 12.9. The molecule has 0 aliphatic carbocycles. The van der Waals surface area contributed by atoms with Gasteiger partial charge in [0, 0.05) is 25.7 Å². The van der Waals surface area contributed by atoms with Crippen LogP contribution < -0.4 is 10.6 Å². The summed E-state index contributed by atoms with van der Waals surface area (Å²) in [5, 5.41) is 6.58. The molecule has 0 aromatic heterocycles. The summed E-state index contributed by atoms with van der Waals surface area (Å²) in [5.74, 6) is 0.581. The van der Waals surface area contributed by atoms with Crippen molar-refractivity contribution in [2.75, 3.05) is 26.2 Å². The van der Waals surface area contributed by atoms with E-state index in [2.05, 4.69) is 41.3 Å². The van der Waals surface area contributed by atoms with E-state index in [9.17, 15) is 4.39 Å². The van der Waals surface area contributed by atoms with Crippen LogP contribution in [-0.4, -0.2) is 43.1 Å². The highest BCUT2D eigenvalue weighted by Gasteiger charge is 2.06. The Morgan fingerprint density at radius 2 is 1.86 bits per heavy atom. The molecule has 1 aromatic rings. The zero-order valence-corrected chi connectivity index (χ0v) is 14.2. The molecule has 0 radical (unpaired) electrons. The Hall–Kier alpha value is -1.62. The highest BCUT2D eigenvalue weighted by Crippen LogP contribution is 2.03. The third kappa shape index (κ3) is 6.89. The normalized spacial score (nSPS) is 12.0. The molecule has 0 fully saturated rings. The number of nitrogens with zero attached hydrogens (tertiary/aromatic N) is 2. The van der Waals surface area contributed by atoms with E-state index in [1.165, 1.54) is 12.1 Å².